The molecule has 6 nitrogen and oxygen atoms in total. The summed E-state index contributed by atoms with van der Waals surface area (Å²) in [5.41, 5.74) is 1.67. The number of carbonyl (C=O) groups excluding carboxylic acids is 2. The molecule has 0 fully saturated rings. The molecule has 46 heavy (non-hydrogen) atoms. The fourth-order valence-electron chi connectivity index (χ4n) is 5.81. The molecular formula is C40H77NO5. The quantitative estimate of drug-likeness (QED) is 0.0392. The summed E-state index contributed by atoms with van der Waals surface area (Å²) in [6, 6.07) is 0. The van der Waals surface area contributed by atoms with Crippen LogP contribution in [0.3, 0.4) is 0 Å². The highest BCUT2D eigenvalue weighted by Crippen LogP contribution is 2.19. The maximum Gasteiger partial charge on any atom is 0.508 e. The van der Waals surface area contributed by atoms with Gasteiger partial charge in [-0.1, -0.05) is 129 Å². The van der Waals surface area contributed by atoms with Crippen LogP contribution >= 0.6 is 0 Å². The van der Waals surface area contributed by atoms with Crippen molar-refractivity contribution in [1.29, 1.82) is 0 Å². The van der Waals surface area contributed by atoms with E-state index in [0.717, 1.165) is 57.9 Å². The van der Waals surface area contributed by atoms with Crippen LogP contribution in [-0.4, -0.2) is 57.0 Å². The van der Waals surface area contributed by atoms with Gasteiger partial charge >= 0.3 is 12.1 Å². The van der Waals surface area contributed by atoms with Crippen molar-refractivity contribution < 1.29 is 23.8 Å². The number of hydrogen-bond donors (Lipinski definition) is 0. The number of unbranched alkanes of at least 4 members (excludes halogenated alkanes) is 17. The Morgan fingerprint density at radius 2 is 1.09 bits per heavy atom. The van der Waals surface area contributed by atoms with Crippen LogP contribution in [0.25, 0.3) is 0 Å². The van der Waals surface area contributed by atoms with Crippen molar-refractivity contribution in [1.82, 2.24) is 4.90 Å². The molecule has 0 aliphatic heterocycles. The third-order valence-electron chi connectivity index (χ3n) is 8.79. The predicted molar refractivity (Wildman–Crippen MR) is 195 cm³/mol. The Kier molecular flexibility index (Phi) is 33.6. The molecule has 0 spiro atoms. The predicted octanol–water partition coefficient (Wildman–Crippen LogP) is 12.1. The number of allylic oxidation sites excluding steroid dienone is 2. The minimum atomic E-state index is -0.606. The summed E-state index contributed by atoms with van der Waals surface area (Å²) < 4.78 is 16.5. The van der Waals surface area contributed by atoms with Gasteiger partial charge in [-0.2, -0.15) is 0 Å². The van der Waals surface area contributed by atoms with Crippen molar-refractivity contribution in [3.63, 3.8) is 0 Å². The number of hydrogen-bond acceptors (Lipinski definition) is 6. The van der Waals surface area contributed by atoms with E-state index in [0.29, 0.717) is 26.1 Å². The van der Waals surface area contributed by atoms with Gasteiger partial charge < -0.3 is 19.1 Å². The summed E-state index contributed by atoms with van der Waals surface area (Å²) in [6.45, 7) is 8.31. The summed E-state index contributed by atoms with van der Waals surface area (Å²) in [4.78, 5) is 26.8. The van der Waals surface area contributed by atoms with Crippen LogP contribution in [0.1, 0.15) is 194 Å². The van der Waals surface area contributed by atoms with Gasteiger partial charge in [0, 0.05) is 19.4 Å². The molecule has 272 valence electrons. The van der Waals surface area contributed by atoms with Gasteiger partial charge in [-0.3, -0.25) is 4.79 Å². The topological polar surface area (TPSA) is 65.1 Å². The molecule has 1 unspecified atom stereocenters. The number of nitrogens with zero attached hydrogens (tertiary/aromatic N) is 1. The summed E-state index contributed by atoms with van der Waals surface area (Å²) in [6.07, 6.45) is 32.7. The van der Waals surface area contributed by atoms with Gasteiger partial charge in [0.05, 0.1) is 13.2 Å². The van der Waals surface area contributed by atoms with Crippen LogP contribution in [0.15, 0.2) is 11.6 Å². The molecule has 0 amide bonds. The molecule has 0 rings (SSSR count). The molecule has 6 heteroatoms. The Morgan fingerprint density at radius 1 is 0.565 bits per heavy atom. The van der Waals surface area contributed by atoms with Gasteiger partial charge in [0.2, 0.25) is 0 Å². The van der Waals surface area contributed by atoms with Crippen LogP contribution in [0.4, 0.5) is 4.79 Å². The van der Waals surface area contributed by atoms with E-state index in [1.807, 2.05) is 14.1 Å². The van der Waals surface area contributed by atoms with E-state index in [-0.39, 0.29) is 12.1 Å². The van der Waals surface area contributed by atoms with Gasteiger partial charge in [0.1, 0.15) is 6.10 Å². The zero-order valence-corrected chi connectivity index (χ0v) is 31.4. The van der Waals surface area contributed by atoms with Crippen LogP contribution in [0.2, 0.25) is 0 Å². The second-order valence-electron chi connectivity index (χ2n) is 13.7. The summed E-state index contributed by atoms with van der Waals surface area (Å²) in [5, 5.41) is 0. The number of esters is 1. The zero-order valence-electron chi connectivity index (χ0n) is 31.4. The normalized spacial score (nSPS) is 11.9. The molecule has 0 bridgehead atoms. The van der Waals surface area contributed by atoms with Crippen molar-refractivity contribution in [3.8, 4) is 0 Å². The molecule has 1 atom stereocenters. The van der Waals surface area contributed by atoms with E-state index in [2.05, 4.69) is 31.7 Å². The fourth-order valence-corrected chi connectivity index (χ4v) is 5.81. The van der Waals surface area contributed by atoms with Gasteiger partial charge in [-0.05, 0) is 78.3 Å². The van der Waals surface area contributed by atoms with Gasteiger partial charge in [-0.15, -0.1) is 0 Å². The molecule has 0 saturated heterocycles. The molecule has 0 aromatic rings. The molecular weight excluding hydrogens is 574 g/mol. The second kappa shape index (κ2) is 34.8. The molecule has 0 heterocycles. The maximum absolute atomic E-state index is 12.4. The van der Waals surface area contributed by atoms with Crippen molar-refractivity contribution in [3.05, 3.63) is 11.6 Å². The smallest absolute Gasteiger partial charge is 0.466 e. The average Bonchev–Trinajstić information content (AvgIpc) is 3.03. The first-order valence-electron chi connectivity index (χ1n) is 19.7. The van der Waals surface area contributed by atoms with Crippen LogP contribution in [-0.2, 0) is 19.0 Å². The Bertz CT molecular complexity index is 696. The largest absolute Gasteiger partial charge is 0.508 e. The van der Waals surface area contributed by atoms with Crippen LogP contribution in [0, 0.1) is 0 Å². The van der Waals surface area contributed by atoms with E-state index in [4.69, 9.17) is 14.2 Å². The second-order valence-corrected chi connectivity index (χ2v) is 13.7. The molecule has 0 aliphatic rings. The molecule has 0 N–H and O–H groups in total. The first-order chi connectivity index (χ1) is 22.4. The van der Waals surface area contributed by atoms with E-state index in [1.54, 1.807) is 5.57 Å². The molecule has 0 aliphatic carbocycles. The number of carbonyl (C=O) groups is 2. The summed E-state index contributed by atoms with van der Waals surface area (Å²) >= 11 is 0. The Hall–Kier alpha value is -1.56. The first-order valence-corrected chi connectivity index (χ1v) is 19.7. The van der Waals surface area contributed by atoms with Gasteiger partial charge in [0.15, 0.2) is 0 Å². The Balaban J connectivity index is 4.31. The zero-order chi connectivity index (χ0) is 33.9. The highest BCUT2D eigenvalue weighted by molar-refractivity contribution is 5.69. The average molecular weight is 652 g/mol. The Labute approximate surface area is 286 Å². The van der Waals surface area contributed by atoms with E-state index < -0.39 is 6.16 Å². The molecule has 0 radical (unpaired) electrons. The van der Waals surface area contributed by atoms with Crippen LogP contribution < -0.4 is 0 Å². The molecule has 0 aromatic heterocycles. The third kappa shape index (κ3) is 32.4. The van der Waals surface area contributed by atoms with E-state index in [9.17, 15) is 9.59 Å². The fraction of sp³-hybridized carbons (Fsp3) is 0.900. The number of ether oxygens (including phenoxy) is 3. The lowest BCUT2D eigenvalue weighted by molar-refractivity contribution is -0.144. The highest BCUT2D eigenvalue weighted by Gasteiger charge is 2.17. The van der Waals surface area contributed by atoms with Crippen molar-refractivity contribution in [2.24, 2.45) is 0 Å². The molecule has 0 aromatic carbocycles. The van der Waals surface area contributed by atoms with Crippen LogP contribution in [0.5, 0.6) is 0 Å². The van der Waals surface area contributed by atoms with Crippen molar-refractivity contribution in [2.45, 2.75) is 200 Å². The molecule has 0 saturated carbocycles. The lowest BCUT2D eigenvalue weighted by atomic mass is 9.99. The summed E-state index contributed by atoms with van der Waals surface area (Å²) in [5.74, 6) is -0.141. The highest BCUT2D eigenvalue weighted by atomic mass is 16.7. The lowest BCUT2D eigenvalue weighted by Gasteiger charge is -2.18. The maximum atomic E-state index is 12.4. The lowest BCUT2D eigenvalue weighted by Crippen LogP contribution is -2.23. The van der Waals surface area contributed by atoms with E-state index in [1.165, 1.54) is 109 Å². The minimum absolute atomic E-state index is 0.141. The van der Waals surface area contributed by atoms with Crippen molar-refractivity contribution in [2.75, 3.05) is 33.9 Å². The number of rotatable bonds is 34. The summed E-state index contributed by atoms with van der Waals surface area (Å²) in [7, 11) is 4.00. The van der Waals surface area contributed by atoms with Gasteiger partial charge in [-0.25, -0.2) is 4.79 Å². The Morgan fingerprint density at radius 3 is 1.70 bits per heavy atom. The third-order valence-corrected chi connectivity index (χ3v) is 8.79. The van der Waals surface area contributed by atoms with Crippen molar-refractivity contribution >= 4 is 12.1 Å². The van der Waals surface area contributed by atoms with Gasteiger partial charge in [0.25, 0.3) is 0 Å². The monoisotopic (exact) mass is 652 g/mol. The SMILES string of the molecule is CCCCCCCCCCCCC(CCOC(=O)CCCCCCC=C(CCCCC)CCCCC)OC(=O)OCCCN(C)C. The van der Waals surface area contributed by atoms with E-state index >= 15 is 0 Å². The standard InChI is InChI=1S/C40H77NO5/c1-6-9-12-13-14-15-16-17-20-25-31-38(46-40(43)45-35-27-34-41(4)5)33-36-44-39(42)32-26-21-18-19-24-30-37(28-22-10-7-2)29-23-11-8-3/h30,38H,6-29,31-36H2,1-5H3. The minimum Gasteiger partial charge on any atom is -0.466 e. The first kappa shape index (κ1) is 44.4.